The van der Waals surface area contributed by atoms with Gasteiger partial charge in [0.25, 0.3) is 0 Å². The van der Waals surface area contributed by atoms with Gasteiger partial charge in [-0.15, -0.1) is 0 Å². The van der Waals surface area contributed by atoms with Crippen LogP contribution in [0.3, 0.4) is 0 Å². The SMILES string of the molecule is CC(CN1CCCCC1C(C)C)C(=O)O. The van der Waals surface area contributed by atoms with Gasteiger partial charge in [-0.25, -0.2) is 0 Å². The molecule has 1 saturated heterocycles. The lowest BCUT2D eigenvalue weighted by atomic mass is 9.92. The summed E-state index contributed by atoms with van der Waals surface area (Å²) in [5.74, 6) is -0.293. The van der Waals surface area contributed by atoms with E-state index in [1.54, 1.807) is 6.92 Å². The van der Waals surface area contributed by atoms with Crippen LogP contribution in [0.25, 0.3) is 0 Å². The molecule has 0 spiro atoms. The number of rotatable bonds is 4. The van der Waals surface area contributed by atoms with Crippen molar-refractivity contribution in [1.82, 2.24) is 4.90 Å². The monoisotopic (exact) mass is 213 g/mol. The molecule has 0 aromatic carbocycles. The lowest BCUT2D eigenvalue weighted by Crippen LogP contribution is -2.45. The lowest BCUT2D eigenvalue weighted by molar-refractivity contribution is -0.142. The fourth-order valence-corrected chi connectivity index (χ4v) is 2.43. The van der Waals surface area contributed by atoms with E-state index in [1.807, 2.05) is 0 Å². The number of piperidine rings is 1. The first-order chi connectivity index (χ1) is 7.02. The maximum absolute atomic E-state index is 10.8. The van der Waals surface area contributed by atoms with Crippen molar-refractivity contribution in [1.29, 1.82) is 0 Å². The second-order valence-corrected chi connectivity index (χ2v) is 5.04. The molecule has 2 atom stereocenters. The molecule has 0 bridgehead atoms. The number of hydrogen-bond acceptors (Lipinski definition) is 2. The van der Waals surface area contributed by atoms with Gasteiger partial charge in [0.15, 0.2) is 0 Å². The molecule has 1 heterocycles. The maximum atomic E-state index is 10.8. The van der Waals surface area contributed by atoms with Crippen molar-refractivity contribution < 1.29 is 9.90 Å². The van der Waals surface area contributed by atoms with E-state index in [2.05, 4.69) is 18.7 Å². The molecule has 88 valence electrons. The topological polar surface area (TPSA) is 40.5 Å². The Labute approximate surface area is 92.5 Å². The van der Waals surface area contributed by atoms with Crippen LogP contribution in [-0.4, -0.2) is 35.1 Å². The molecule has 1 fully saturated rings. The molecule has 1 aliphatic heterocycles. The molecule has 3 nitrogen and oxygen atoms in total. The zero-order valence-corrected chi connectivity index (χ0v) is 10.1. The molecule has 1 N–H and O–H groups in total. The average molecular weight is 213 g/mol. The van der Waals surface area contributed by atoms with Gasteiger partial charge in [-0.1, -0.05) is 27.2 Å². The van der Waals surface area contributed by atoms with Crippen LogP contribution in [-0.2, 0) is 4.79 Å². The van der Waals surface area contributed by atoms with Crippen LogP contribution in [0.5, 0.6) is 0 Å². The number of hydrogen-bond donors (Lipinski definition) is 1. The number of likely N-dealkylation sites (tertiary alicyclic amines) is 1. The Morgan fingerprint density at radius 1 is 1.40 bits per heavy atom. The summed E-state index contributed by atoms with van der Waals surface area (Å²) in [6.07, 6.45) is 3.74. The third kappa shape index (κ3) is 3.49. The van der Waals surface area contributed by atoms with Gasteiger partial charge >= 0.3 is 5.97 Å². The maximum Gasteiger partial charge on any atom is 0.307 e. The van der Waals surface area contributed by atoms with Crippen molar-refractivity contribution in [2.45, 2.75) is 46.1 Å². The van der Waals surface area contributed by atoms with Crippen molar-refractivity contribution in [3.05, 3.63) is 0 Å². The second kappa shape index (κ2) is 5.50. The van der Waals surface area contributed by atoms with Gasteiger partial charge in [0, 0.05) is 12.6 Å². The van der Waals surface area contributed by atoms with E-state index in [-0.39, 0.29) is 5.92 Å². The minimum atomic E-state index is -0.678. The van der Waals surface area contributed by atoms with Gasteiger partial charge in [0.1, 0.15) is 0 Å². The van der Waals surface area contributed by atoms with Crippen molar-refractivity contribution >= 4 is 5.97 Å². The zero-order valence-electron chi connectivity index (χ0n) is 10.1. The van der Waals surface area contributed by atoms with Crippen molar-refractivity contribution in [2.24, 2.45) is 11.8 Å². The summed E-state index contributed by atoms with van der Waals surface area (Å²) in [6, 6.07) is 0.584. The van der Waals surface area contributed by atoms with Crippen LogP contribution in [0, 0.1) is 11.8 Å². The quantitative estimate of drug-likeness (QED) is 0.778. The molecule has 0 aromatic rings. The number of aliphatic carboxylic acids is 1. The van der Waals surface area contributed by atoms with E-state index < -0.39 is 5.97 Å². The molecule has 0 radical (unpaired) electrons. The number of nitrogens with zero attached hydrogens (tertiary/aromatic N) is 1. The predicted molar refractivity (Wildman–Crippen MR) is 60.8 cm³/mol. The third-order valence-electron chi connectivity index (χ3n) is 3.36. The third-order valence-corrected chi connectivity index (χ3v) is 3.36. The first kappa shape index (κ1) is 12.5. The molecule has 0 aromatic heterocycles. The lowest BCUT2D eigenvalue weighted by Gasteiger charge is -2.39. The molecular weight excluding hydrogens is 190 g/mol. The van der Waals surface area contributed by atoms with Crippen LogP contribution < -0.4 is 0 Å². The largest absolute Gasteiger partial charge is 0.481 e. The molecule has 1 rings (SSSR count). The normalized spacial score (nSPS) is 25.5. The average Bonchev–Trinajstić information content (AvgIpc) is 2.18. The second-order valence-electron chi connectivity index (χ2n) is 5.04. The highest BCUT2D eigenvalue weighted by Gasteiger charge is 2.27. The molecule has 1 aliphatic rings. The molecular formula is C12H23NO2. The van der Waals surface area contributed by atoms with Crippen molar-refractivity contribution in [3.63, 3.8) is 0 Å². The number of carboxylic acids is 1. The summed E-state index contributed by atoms with van der Waals surface area (Å²) in [5, 5.41) is 8.91. The van der Waals surface area contributed by atoms with Gasteiger partial charge in [-0.3, -0.25) is 9.69 Å². The fraction of sp³-hybridized carbons (Fsp3) is 0.917. The summed E-state index contributed by atoms with van der Waals surface area (Å²) in [4.78, 5) is 13.2. The van der Waals surface area contributed by atoms with Crippen LogP contribution >= 0.6 is 0 Å². The molecule has 3 heteroatoms. The van der Waals surface area contributed by atoms with Crippen molar-refractivity contribution in [3.8, 4) is 0 Å². The first-order valence-corrected chi connectivity index (χ1v) is 5.99. The van der Waals surface area contributed by atoms with Gasteiger partial charge in [-0.2, -0.15) is 0 Å². The van der Waals surface area contributed by atoms with E-state index in [0.717, 1.165) is 6.54 Å². The Bertz CT molecular complexity index is 216. The highest BCUT2D eigenvalue weighted by molar-refractivity contribution is 5.69. The van der Waals surface area contributed by atoms with E-state index in [4.69, 9.17) is 5.11 Å². The standard InChI is InChI=1S/C12H23NO2/c1-9(2)11-6-4-5-7-13(11)8-10(3)12(14)15/h9-11H,4-8H2,1-3H3,(H,14,15). The van der Waals surface area contributed by atoms with Gasteiger partial charge in [0.05, 0.1) is 5.92 Å². The van der Waals surface area contributed by atoms with Crippen LogP contribution in [0.2, 0.25) is 0 Å². The summed E-state index contributed by atoms with van der Waals surface area (Å²) in [5.41, 5.74) is 0. The van der Waals surface area contributed by atoms with Gasteiger partial charge < -0.3 is 5.11 Å². The van der Waals surface area contributed by atoms with Crippen LogP contribution in [0.15, 0.2) is 0 Å². The molecule has 15 heavy (non-hydrogen) atoms. The molecule has 0 saturated carbocycles. The summed E-state index contributed by atoms with van der Waals surface area (Å²) < 4.78 is 0. The fourth-order valence-electron chi connectivity index (χ4n) is 2.43. The Balaban J connectivity index is 2.53. The molecule has 2 unspecified atom stereocenters. The minimum absolute atomic E-state index is 0.246. The van der Waals surface area contributed by atoms with E-state index in [0.29, 0.717) is 18.5 Å². The highest BCUT2D eigenvalue weighted by atomic mass is 16.4. The first-order valence-electron chi connectivity index (χ1n) is 5.99. The van der Waals surface area contributed by atoms with E-state index >= 15 is 0 Å². The Kier molecular flexibility index (Phi) is 4.58. The number of carboxylic acid groups (broad SMARTS) is 1. The summed E-state index contributed by atoms with van der Waals surface area (Å²) in [6.45, 7) is 8.04. The summed E-state index contributed by atoms with van der Waals surface area (Å²) >= 11 is 0. The Morgan fingerprint density at radius 2 is 2.07 bits per heavy atom. The van der Waals surface area contributed by atoms with Gasteiger partial charge in [-0.05, 0) is 25.3 Å². The predicted octanol–water partition coefficient (Wildman–Crippen LogP) is 2.22. The van der Waals surface area contributed by atoms with Crippen molar-refractivity contribution in [2.75, 3.05) is 13.1 Å². The minimum Gasteiger partial charge on any atom is -0.481 e. The van der Waals surface area contributed by atoms with Crippen LogP contribution in [0.1, 0.15) is 40.0 Å². The zero-order chi connectivity index (χ0) is 11.4. The van der Waals surface area contributed by atoms with Crippen LogP contribution in [0.4, 0.5) is 0 Å². The Morgan fingerprint density at radius 3 is 2.60 bits per heavy atom. The van der Waals surface area contributed by atoms with E-state index in [1.165, 1.54) is 19.3 Å². The smallest absolute Gasteiger partial charge is 0.307 e. The molecule has 0 aliphatic carbocycles. The Hall–Kier alpha value is -0.570. The molecule has 0 amide bonds. The van der Waals surface area contributed by atoms with Gasteiger partial charge in [0.2, 0.25) is 0 Å². The summed E-state index contributed by atoms with van der Waals surface area (Å²) in [7, 11) is 0. The highest BCUT2D eigenvalue weighted by Crippen LogP contribution is 2.23. The number of carbonyl (C=O) groups is 1. The van der Waals surface area contributed by atoms with E-state index in [9.17, 15) is 4.79 Å².